The number of hydrogen-bond acceptors (Lipinski definition) is 7. The van der Waals surface area contributed by atoms with Gasteiger partial charge in [0.05, 0.1) is 33.1 Å². The minimum atomic E-state index is -0.235. The van der Waals surface area contributed by atoms with E-state index in [0.717, 1.165) is 23.2 Å². The van der Waals surface area contributed by atoms with Gasteiger partial charge in [-0.15, -0.1) is 0 Å². The molecule has 8 heteroatoms. The summed E-state index contributed by atoms with van der Waals surface area (Å²) < 4.78 is 27.0. The van der Waals surface area contributed by atoms with Crippen LogP contribution in [0.4, 0.5) is 0 Å². The van der Waals surface area contributed by atoms with Gasteiger partial charge in [0, 0.05) is 12.0 Å². The average Bonchev–Trinajstić information content (AvgIpc) is 3.38. The Morgan fingerprint density at radius 2 is 1.75 bits per heavy atom. The Kier molecular flexibility index (Phi) is 4.68. The van der Waals surface area contributed by atoms with Crippen molar-refractivity contribution in [2.45, 2.75) is 12.5 Å². The molecule has 2 heterocycles. The van der Waals surface area contributed by atoms with E-state index in [0.29, 0.717) is 35.2 Å². The van der Waals surface area contributed by atoms with E-state index in [9.17, 15) is 4.79 Å². The Balaban J connectivity index is 1.68. The van der Waals surface area contributed by atoms with Gasteiger partial charge in [-0.2, -0.15) is 5.10 Å². The minimum absolute atomic E-state index is 0.202. The quantitative estimate of drug-likeness (QED) is 0.713. The van der Waals surface area contributed by atoms with Crippen molar-refractivity contribution in [2.24, 2.45) is 5.10 Å². The molecule has 2 aliphatic heterocycles. The number of nitrogens with zero attached hydrogens (tertiary/aromatic N) is 2. The molecule has 0 spiro atoms. The largest absolute Gasteiger partial charge is 0.493 e. The van der Waals surface area contributed by atoms with Gasteiger partial charge in [-0.25, -0.2) is 5.01 Å². The molecule has 8 nitrogen and oxygen atoms in total. The summed E-state index contributed by atoms with van der Waals surface area (Å²) in [6.45, 7) is 0.202. The average molecular weight is 384 g/mol. The predicted octanol–water partition coefficient (Wildman–Crippen LogP) is 2.75. The van der Waals surface area contributed by atoms with Crippen LogP contribution in [-0.4, -0.2) is 45.3 Å². The Labute approximate surface area is 162 Å². The van der Waals surface area contributed by atoms with Crippen molar-refractivity contribution in [1.82, 2.24) is 5.01 Å². The SMILES string of the molecule is COc1cc(C2=NN(C=O)[C@H](c3ccc4c(c3)OCO4)C2)cc(OC)c1OC. The van der Waals surface area contributed by atoms with Crippen LogP contribution in [0, 0.1) is 0 Å². The molecule has 0 bridgehead atoms. The summed E-state index contributed by atoms with van der Waals surface area (Å²) in [5, 5.41) is 5.91. The van der Waals surface area contributed by atoms with Crippen LogP contribution in [0.2, 0.25) is 0 Å². The van der Waals surface area contributed by atoms with E-state index in [1.165, 1.54) is 5.01 Å². The van der Waals surface area contributed by atoms with Gasteiger partial charge in [0.2, 0.25) is 19.0 Å². The molecule has 0 aromatic heterocycles. The normalized spacial score (nSPS) is 17.3. The van der Waals surface area contributed by atoms with E-state index in [1.807, 2.05) is 30.3 Å². The maximum Gasteiger partial charge on any atom is 0.231 e. The van der Waals surface area contributed by atoms with E-state index in [4.69, 9.17) is 23.7 Å². The molecule has 0 saturated carbocycles. The highest BCUT2D eigenvalue weighted by molar-refractivity contribution is 6.03. The van der Waals surface area contributed by atoms with Crippen molar-refractivity contribution >= 4 is 12.1 Å². The van der Waals surface area contributed by atoms with Crippen LogP contribution in [-0.2, 0) is 4.79 Å². The molecule has 0 aliphatic carbocycles. The zero-order valence-corrected chi connectivity index (χ0v) is 15.8. The lowest BCUT2D eigenvalue weighted by Crippen LogP contribution is -2.17. The zero-order chi connectivity index (χ0) is 19.7. The number of fused-ring (bicyclic) bond motifs is 1. The van der Waals surface area contributed by atoms with Crippen molar-refractivity contribution in [2.75, 3.05) is 28.1 Å². The van der Waals surface area contributed by atoms with Crippen molar-refractivity contribution in [3.05, 3.63) is 41.5 Å². The van der Waals surface area contributed by atoms with E-state index >= 15 is 0 Å². The molecule has 1 atom stereocenters. The first-order valence-corrected chi connectivity index (χ1v) is 8.69. The third kappa shape index (κ3) is 2.96. The van der Waals surface area contributed by atoms with Crippen molar-refractivity contribution < 1.29 is 28.5 Å². The fourth-order valence-corrected chi connectivity index (χ4v) is 3.44. The summed E-state index contributed by atoms with van der Waals surface area (Å²) in [4.78, 5) is 11.6. The van der Waals surface area contributed by atoms with Gasteiger partial charge in [-0.3, -0.25) is 4.79 Å². The molecule has 0 radical (unpaired) electrons. The molecular formula is C20H20N2O6. The number of ether oxygens (including phenoxy) is 5. The first kappa shape index (κ1) is 18.0. The second kappa shape index (κ2) is 7.30. The van der Waals surface area contributed by atoms with Gasteiger partial charge in [0.25, 0.3) is 0 Å². The number of methoxy groups -OCH3 is 3. The summed E-state index contributed by atoms with van der Waals surface area (Å²) in [6.07, 6.45) is 1.26. The summed E-state index contributed by atoms with van der Waals surface area (Å²) in [7, 11) is 4.67. The lowest BCUT2D eigenvalue weighted by molar-refractivity contribution is -0.119. The third-order valence-corrected chi connectivity index (χ3v) is 4.83. The van der Waals surface area contributed by atoms with Gasteiger partial charge in [-0.1, -0.05) is 6.07 Å². The second-order valence-electron chi connectivity index (χ2n) is 6.28. The monoisotopic (exact) mass is 384 g/mol. The zero-order valence-electron chi connectivity index (χ0n) is 15.8. The van der Waals surface area contributed by atoms with E-state index in [1.54, 1.807) is 21.3 Å². The van der Waals surface area contributed by atoms with E-state index in [2.05, 4.69) is 5.10 Å². The minimum Gasteiger partial charge on any atom is -0.493 e. The van der Waals surface area contributed by atoms with Crippen LogP contribution in [0.1, 0.15) is 23.6 Å². The van der Waals surface area contributed by atoms with Crippen molar-refractivity contribution in [3.8, 4) is 28.7 Å². The molecule has 0 fully saturated rings. The number of hydrazone groups is 1. The molecule has 2 aliphatic rings. The molecule has 1 amide bonds. The smallest absolute Gasteiger partial charge is 0.231 e. The second-order valence-corrected chi connectivity index (χ2v) is 6.28. The molecule has 0 N–H and O–H groups in total. The van der Waals surface area contributed by atoms with Crippen molar-refractivity contribution in [3.63, 3.8) is 0 Å². The lowest BCUT2D eigenvalue weighted by Gasteiger charge is -2.17. The maximum absolute atomic E-state index is 11.6. The van der Waals surface area contributed by atoms with Crippen LogP contribution in [0.15, 0.2) is 35.4 Å². The fraction of sp³-hybridized carbons (Fsp3) is 0.300. The van der Waals surface area contributed by atoms with E-state index in [-0.39, 0.29) is 12.8 Å². The van der Waals surface area contributed by atoms with Crippen LogP contribution in [0.5, 0.6) is 28.7 Å². The molecule has 4 rings (SSSR count). The van der Waals surface area contributed by atoms with Crippen LogP contribution in [0.25, 0.3) is 0 Å². The number of carbonyl (C=O) groups is 1. The Hall–Kier alpha value is -3.42. The predicted molar refractivity (Wildman–Crippen MR) is 100 cm³/mol. The highest BCUT2D eigenvalue weighted by atomic mass is 16.7. The molecule has 0 saturated heterocycles. The van der Waals surface area contributed by atoms with Gasteiger partial charge >= 0.3 is 0 Å². The number of hydrogen-bond donors (Lipinski definition) is 0. The van der Waals surface area contributed by atoms with Gasteiger partial charge in [-0.05, 0) is 29.8 Å². The van der Waals surface area contributed by atoms with Gasteiger partial charge in [0.1, 0.15) is 0 Å². The molecule has 2 aromatic carbocycles. The van der Waals surface area contributed by atoms with Crippen LogP contribution in [0.3, 0.4) is 0 Å². The summed E-state index contributed by atoms with van der Waals surface area (Å²) in [5.41, 5.74) is 2.46. The summed E-state index contributed by atoms with van der Waals surface area (Å²) >= 11 is 0. The van der Waals surface area contributed by atoms with Gasteiger partial charge in [0.15, 0.2) is 23.0 Å². The molecule has 0 unspecified atom stereocenters. The highest BCUT2D eigenvalue weighted by Crippen LogP contribution is 2.42. The number of benzene rings is 2. The van der Waals surface area contributed by atoms with Crippen LogP contribution >= 0.6 is 0 Å². The Morgan fingerprint density at radius 1 is 1.04 bits per heavy atom. The first-order chi connectivity index (χ1) is 13.7. The third-order valence-electron chi connectivity index (χ3n) is 4.83. The summed E-state index contributed by atoms with van der Waals surface area (Å²) in [5.74, 6) is 2.94. The highest BCUT2D eigenvalue weighted by Gasteiger charge is 2.31. The summed E-state index contributed by atoms with van der Waals surface area (Å²) in [6, 6.07) is 9.06. The maximum atomic E-state index is 11.6. The number of amides is 1. The van der Waals surface area contributed by atoms with Crippen molar-refractivity contribution in [1.29, 1.82) is 0 Å². The Bertz CT molecular complexity index is 917. The number of carbonyl (C=O) groups excluding carboxylic acids is 1. The molecule has 28 heavy (non-hydrogen) atoms. The standard InChI is InChI=1S/C20H20N2O6/c1-24-18-7-13(8-19(25-2)20(18)26-3)14-9-15(22(10-23)21-14)12-4-5-16-17(6-12)28-11-27-16/h4-8,10,15H,9,11H2,1-3H3/t15-/m0/s1. The topological polar surface area (TPSA) is 78.8 Å². The van der Waals surface area contributed by atoms with Crippen LogP contribution < -0.4 is 23.7 Å². The molecular weight excluding hydrogens is 364 g/mol. The fourth-order valence-electron chi connectivity index (χ4n) is 3.44. The lowest BCUT2D eigenvalue weighted by atomic mass is 9.98. The Morgan fingerprint density at radius 3 is 2.39 bits per heavy atom. The van der Waals surface area contributed by atoms with Gasteiger partial charge < -0.3 is 23.7 Å². The molecule has 2 aromatic rings. The first-order valence-electron chi connectivity index (χ1n) is 8.69. The number of rotatable bonds is 6. The van der Waals surface area contributed by atoms with E-state index < -0.39 is 0 Å². The molecule has 146 valence electrons.